The zero-order valence-corrected chi connectivity index (χ0v) is 39.4. The van der Waals surface area contributed by atoms with Crippen molar-refractivity contribution in [3.8, 4) is 0 Å². The molecular formula is C63H57N3. The van der Waals surface area contributed by atoms with Crippen LogP contribution < -0.4 is 14.7 Å². The Labute approximate surface area is 391 Å². The number of nitrogens with zero attached hydrogens (tertiary/aromatic N) is 3. The standard InChI is InChI=1S/C63H57N3/c1-42-30-43(2)35-55(34-42)64(56-36-44(3)31-45(4)37-56)53-26-22-50(23-27-53)63(59-18-12-14-20-61(59)66(52-16-10-9-11-17-52)62-21-15-13-19-60(62)63)51-24-28-54(29-25-51)65(57-38-46(5)32-47(6)39-57)58-40-48(7)33-49(8)41-58/h9-41H,1-8H3. The quantitative estimate of drug-likeness (QED) is 0.143. The number of fused-ring (bicyclic) bond motifs is 2. The van der Waals surface area contributed by atoms with Crippen molar-refractivity contribution in [1.82, 2.24) is 0 Å². The van der Waals surface area contributed by atoms with Crippen LogP contribution in [0.15, 0.2) is 200 Å². The van der Waals surface area contributed by atoms with Gasteiger partial charge in [0.05, 0.1) is 16.8 Å². The molecule has 0 aliphatic carbocycles. The summed E-state index contributed by atoms with van der Waals surface area (Å²) >= 11 is 0. The van der Waals surface area contributed by atoms with E-state index >= 15 is 0 Å². The van der Waals surface area contributed by atoms with Gasteiger partial charge in [-0.15, -0.1) is 0 Å². The second-order valence-electron chi connectivity index (χ2n) is 18.6. The van der Waals surface area contributed by atoms with E-state index in [9.17, 15) is 0 Å². The maximum atomic E-state index is 2.44. The van der Waals surface area contributed by atoms with Gasteiger partial charge < -0.3 is 14.7 Å². The minimum absolute atomic E-state index is 0.676. The SMILES string of the molecule is Cc1cc(C)cc(N(c2ccc(C3(c4ccc(N(c5cc(C)cc(C)c5)c5cc(C)cc(C)c5)cc4)c4ccccc4N(c4ccccc4)c4ccccc43)cc2)c2cc(C)cc(C)c2)c1. The molecule has 3 nitrogen and oxygen atoms in total. The van der Waals surface area contributed by atoms with Gasteiger partial charge in [0.25, 0.3) is 0 Å². The molecule has 1 heterocycles. The number of rotatable bonds is 9. The van der Waals surface area contributed by atoms with E-state index < -0.39 is 5.41 Å². The number of anilines is 9. The van der Waals surface area contributed by atoms with E-state index in [2.05, 4.69) is 270 Å². The number of aryl methyl sites for hydroxylation is 8. The molecular weight excluding hydrogens is 799 g/mol. The second kappa shape index (κ2) is 17.1. The largest absolute Gasteiger partial charge is 0.310 e. The molecule has 0 saturated carbocycles. The summed E-state index contributed by atoms with van der Waals surface area (Å²) in [5.74, 6) is 0. The molecule has 324 valence electrons. The smallest absolute Gasteiger partial charge is 0.0742 e. The number of hydrogen-bond donors (Lipinski definition) is 0. The first-order valence-electron chi connectivity index (χ1n) is 23.1. The first-order valence-corrected chi connectivity index (χ1v) is 23.1. The molecule has 0 fully saturated rings. The summed E-state index contributed by atoms with van der Waals surface area (Å²) in [6.45, 7) is 17.5. The molecule has 0 N–H and O–H groups in total. The van der Waals surface area contributed by atoms with Crippen LogP contribution in [0.25, 0.3) is 0 Å². The van der Waals surface area contributed by atoms with Gasteiger partial charge in [0.15, 0.2) is 0 Å². The Morgan fingerprint density at radius 3 is 0.894 bits per heavy atom. The molecule has 9 aromatic rings. The van der Waals surface area contributed by atoms with Crippen molar-refractivity contribution in [3.63, 3.8) is 0 Å². The third kappa shape index (κ3) is 7.65. The molecule has 0 unspecified atom stereocenters. The molecule has 9 aromatic carbocycles. The van der Waals surface area contributed by atoms with Gasteiger partial charge in [0.2, 0.25) is 0 Å². The van der Waals surface area contributed by atoms with Gasteiger partial charge in [0, 0.05) is 39.8 Å². The van der Waals surface area contributed by atoms with Gasteiger partial charge in [-0.25, -0.2) is 0 Å². The lowest BCUT2D eigenvalue weighted by molar-refractivity contribution is 0.731. The van der Waals surface area contributed by atoms with Crippen LogP contribution in [-0.4, -0.2) is 0 Å². The van der Waals surface area contributed by atoms with Crippen molar-refractivity contribution in [2.45, 2.75) is 60.8 Å². The summed E-state index contributed by atoms with van der Waals surface area (Å²) in [6, 6.07) is 75.1. The zero-order valence-electron chi connectivity index (χ0n) is 39.4. The summed E-state index contributed by atoms with van der Waals surface area (Å²) in [7, 11) is 0. The van der Waals surface area contributed by atoms with Crippen LogP contribution in [0, 0.1) is 55.4 Å². The molecule has 0 amide bonds. The molecule has 0 radical (unpaired) electrons. The van der Waals surface area contributed by atoms with E-state index in [1.165, 1.54) is 66.8 Å². The average Bonchev–Trinajstić information content (AvgIpc) is 3.28. The van der Waals surface area contributed by atoms with Crippen LogP contribution in [-0.2, 0) is 5.41 Å². The van der Waals surface area contributed by atoms with Crippen LogP contribution in [0.4, 0.5) is 51.2 Å². The van der Waals surface area contributed by atoms with Gasteiger partial charge in [0.1, 0.15) is 0 Å². The summed E-state index contributed by atoms with van der Waals surface area (Å²) in [5, 5.41) is 0. The van der Waals surface area contributed by atoms with E-state index in [0.717, 1.165) is 51.2 Å². The van der Waals surface area contributed by atoms with Gasteiger partial charge in [-0.05, 0) is 219 Å². The Kier molecular flexibility index (Phi) is 10.9. The van der Waals surface area contributed by atoms with Crippen LogP contribution in [0.1, 0.15) is 66.8 Å². The third-order valence-corrected chi connectivity index (χ3v) is 13.1. The van der Waals surface area contributed by atoms with Crippen molar-refractivity contribution in [2.24, 2.45) is 0 Å². The first-order chi connectivity index (χ1) is 32.0. The number of para-hydroxylation sites is 3. The zero-order chi connectivity index (χ0) is 45.7. The number of hydrogen-bond acceptors (Lipinski definition) is 3. The minimum atomic E-state index is -0.676. The molecule has 0 saturated heterocycles. The van der Waals surface area contributed by atoms with Crippen LogP contribution in [0.5, 0.6) is 0 Å². The summed E-state index contributed by atoms with van der Waals surface area (Å²) in [6.07, 6.45) is 0. The van der Waals surface area contributed by atoms with Crippen molar-refractivity contribution in [3.05, 3.63) is 267 Å². The topological polar surface area (TPSA) is 9.72 Å². The highest BCUT2D eigenvalue weighted by Crippen LogP contribution is 2.58. The van der Waals surface area contributed by atoms with E-state index in [0.29, 0.717) is 0 Å². The predicted octanol–water partition coefficient (Wildman–Crippen LogP) is 17.3. The second-order valence-corrected chi connectivity index (χ2v) is 18.6. The van der Waals surface area contributed by atoms with Crippen molar-refractivity contribution >= 4 is 51.2 Å². The highest BCUT2D eigenvalue weighted by atomic mass is 15.2. The normalized spacial score (nSPS) is 12.6. The van der Waals surface area contributed by atoms with Crippen molar-refractivity contribution in [1.29, 1.82) is 0 Å². The minimum Gasteiger partial charge on any atom is -0.310 e. The van der Waals surface area contributed by atoms with Gasteiger partial charge in [-0.3, -0.25) is 0 Å². The maximum absolute atomic E-state index is 2.44. The molecule has 66 heavy (non-hydrogen) atoms. The van der Waals surface area contributed by atoms with Crippen molar-refractivity contribution < 1.29 is 0 Å². The van der Waals surface area contributed by atoms with Crippen molar-refractivity contribution in [2.75, 3.05) is 14.7 Å². The Hall–Kier alpha value is -7.62. The Morgan fingerprint density at radius 1 is 0.288 bits per heavy atom. The molecule has 0 atom stereocenters. The number of benzene rings is 9. The lowest BCUT2D eigenvalue weighted by Gasteiger charge is -2.46. The third-order valence-electron chi connectivity index (χ3n) is 13.1. The van der Waals surface area contributed by atoms with E-state index in [4.69, 9.17) is 0 Å². The molecule has 3 heteroatoms. The Bertz CT molecular complexity index is 2850. The summed E-state index contributed by atoms with van der Waals surface area (Å²) in [4.78, 5) is 7.27. The van der Waals surface area contributed by atoms with E-state index in [1.807, 2.05) is 0 Å². The molecule has 1 aliphatic rings. The summed E-state index contributed by atoms with van der Waals surface area (Å²) in [5.41, 5.74) is 24.4. The molecule has 0 aromatic heterocycles. The highest BCUT2D eigenvalue weighted by molar-refractivity contribution is 5.90. The monoisotopic (exact) mass is 855 g/mol. The van der Waals surface area contributed by atoms with Crippen LogP contribution in [0.2, 0.25) is 0 Å². The Balaban J connectivity index is 1.21. The van der Waals surface area contributed by atoms with E-state index in [-0.39, 0.29) is 0 Å². The lowest BCUT2D eigenvalue weighted by atomic mass is 9.62. The van der Waals surface area contributed by atoms with Gasteiger partial charge >= 0.3 is 0 Å². The fourth-order valence-electron chi connectivity index (χ4n) is 10.8. The van der Waals surface area contributed by atoms with Crippen LogP contribution >= 0.6 is 0 Å². The predicted molar refractivity (Wildman–Crippen MR) is 280 cm³/mol. The fourth-order valence-corrected chi connectivity index (χ4v) is 10.8. The molecule has 0 spiro atoms. The molecule has 10 rings (SSSR count). The maximum Gasteiger partial charge on any atom is 0.0742 e. The molecule has 1 aliphatic heterocycles. The average molecular weight is 856 g/mol. The van der Waals surface area contributed by atoms with Gasteiger partial charge in [-0.1, -0.05) is 103 Å². The first kappa shape index (κ1) is 42.3. The fraction of sp³-hybridized carbons (Fsp3) is 0.143. The van der Waals surface area contributed by atoms with E-state index in [1.54, 1.807) is 0 Å². The summed E-state index contributed by atoms with van der Waals surface area (Å²) < 4.78 is 0. The Morgan fingerprint density at radius 2 is 0.576 bits per heavy atom. The lowest BCUT2D eigenvalue weighted by Crippen LogP contribution is -2.37. The highest BCUT2D eigenvalue weighted by Gasteiger charge is 2.46. The molecule has 0 bridgehead atoms. The van der Waals surface area contributed by atoms with Gasteiger partial charge in [-0.2, -0.15) is 0 Å². The van der Waals surface area contributed by atoms with Crippen LogP contribution in [0.3, 0.4) is 0 Å².